The third-order valence-corrected chi connectivity index (χ3v) is 3.27. The van der Waals surface area contributed by atoms with Gasteiger partial charge in [0.05, 0.1) is 6.54 Å². The van der Waals surface area contributed by atoms with Crippen molar-refractivity contribution in [3.05, 3.63) is 0 Å². The second-order valence-electron chi connectivity index (χ2n) is 5.03. The molecule has 106 valence electrons. The maximum absolute atomic E-state index is 11.6. The lowest BCUT2D eigenvalue weighted by molar-refractivity contribution is -0.122. The molecule has 0 bridgehead atoms. The van der Waals surface area contributed by atoms with Crippen LogP contribution in [0.15, 0.2) is 0 Å². The molecule has 2 N–H and O–H groups in total. The highest BCUT2D eigenvalue weighted by molar-refractivity contribution is 5.77. The molecule has 0 aromatic carbocycles. The summed E-state index contributed by atoms with van der Waals surface area (Å²) in [6.45, 7) is 9.87. The fourth-order valence-electron chi connectivity index (χ4n) is 2.03. The largest absolute Gasteiger partial charge is 0.355 e. The number of nitrogens with one attached hydrogen (secondary N) is 2. The van der Waals surface area contributed by atoms with Gasteiger partial charge in [-0.25, -0.2) is 0 Å². The Balaban J connectivity index is 2.04. The van der Waals surface area contributed by atoms with Crippen molar-refractivity contribution in [2.45, 2.75) is 19.8 Å². The van der Waals surface area contributed by atoms with Gasteiger partial charge < -0.3 is 10.6 Å². The van der Waals surface area contributed by atoms with Gasteiger partial charge in [-0.2, -0.15) is 0 Å². The Morgan fingerprint density at radius 1 is 1.39 bits per heavy atom. The van der Waals surface area contributed by atoms with Gasteiger partial charge in [0.25, 0.3) is 0 Å². The Morgan fingerprint density at radius 2 is 2.11 bits per heavy atom. The summed E-state index contributed by atoms with van der Waals surface area (Å²) in [5.74, 6) is 0.145. The van der Waals surface area contributed by atoms with Crippen molar-refractivity contribution in [2.24, 2.45) is 0 Å². The van der Waals surface area contributed by atoms with Gasteiger partial charge in [-0.1, -0.05) is 13.3 Å². The summed E-state index contributed by atoms with van der Waals surface area (Å²) in [5.41, 5.74) is 0. The molecule has 0 radical (unpaired) electrons. The summed E-state index contributed by atoms with van der Waals surface area (Å²) in [5, 5.41) is 6.29. The van der Waals surface area contributed by atoms with E-state index in [0.717, 1.165) is 58.7 Å². The van der Waals surface area contributed by atoms with Crippen molar-refractivity contribution in [2.75, 3.05) is 59.4 Å². The average Bonchev–Trinajstić information content (AvgIpc) is 2.38. The molecule has 5 heteroatoms. The predicted octanol–water partition coefficient (Wildman–Crippen LogP) is -0.260. The van der Waals surface area contributed by atoms with Crippen LogP contribution in [0.25, 0.3) is 0 Å². The lowest BCUT2D eigenvalue weighted by Gasteiger charge is -2.28. The molecule has 1 heterocycles. The number of unbranched alkanes of at least 4 members (excludes halogenated alkanes) is 1. The number of hydrogen-bond acceptors (Lipinski definition) is 4. The second kappa shape index (κ2) is 9.30. The van der Waals surface area contributed by atoms with E-state index in [1.807, 2.05) is 7.05 Å². The molecule has 1 fully saturated rings. The minimum absolute atomic E-state index is 0.145. The molecular weight excluding hydrogens is 228 g/mol. The van der Waals surface area contributed by atoms with Crippen LogP contribution < -0.4 is 10.6 Å². The van der Waals surface area contributed by atoms with Crippen molar-refractivity contribution in [1.82, 2.24) is 20.4 Å². The third kappa shape index (κ3) is 6.93. The second-order valence-corrected chi connectivity index (χ2v) is 5.03. The summed E-state index contributed by atoms with van der Waals surface area (Å²) in [4.78, 5) is 16.1. The molecule has 0 aromatic heterocycles. The predicted molar refractivity (Wildman–Crippen MR) is 74.7 cm³/mol. The SMILES string of the molecule is CCCCNC(=O)CN(C)CCN1CCNCC1. The first-order valence-corrected chi connectivity index (χ1v) is 7.10. The molecule has 1 amide bonds. The highest BCUT2D eigenvalue weighted by Crippen LogP contribution is 1.93. The molecule has 1 rings (SSSR count). The minimum atomic E-state index is 0.145. The first kappa shape index (κ1) is 15.4. The molecule has 0 saturated carbocycles. The highest BCUT2D eigenvalue weighted by Gasteiger charge is 2.11. The van der Waals surface area contributed by atoms with Crippen molar-refractivity contribution in [1.29, 1.82) is 0 Å². The molecule has 0 spiro atoms. The number of likely N-dealkylation sites (N-methyl/N-ethyl adjacent to an activating group) is 1. The zero-order chi connectivity index (χ0) is 13.2. The number of hydrogen-bond donors (Lipinski definition) is 2. The van der Waals surface area contributed by atoms with Crippen LogP contribution in [0.2, 0.25) is 0 Å². The molecular formula is C13H28N4O. The summed E-state index contributed by atoms with van der Waals surface area (Å²) in [6, 6.07) is 0. The van der Waals surface area contributed by atoms with E-state index in [-0.39, 0.29) is 5.91 Å². The summed E-state index contributed by atoms with van der Waals surface area (Å²) < 4.78 is 0. The van der Waals surface area contributed by atoms with E-state index in [0.29, 0.717) is 6.54 Å². The fourth-order valence-corrected chi connectivity index (χ4v) is 2.03. The Labute approximate surface area is 111 Å². The first-order valence-electron chi connectivity index (χ1n) is 7.10. The van der Waals surface area contributed by atoms with Gasteiger partial charge in [-0.15, -0.1) is 0 Å². The zero-order valence-electron chi connectivity index (χ0n) is 11.9. The van der Waals surface area contributed by atoms with Gasteiger partial charge in [-0.05, 0) is 13.5 Å². The normalized spacial score (nSPS) is 17.1. The molecule has 0 aromatic rings. The number of piperazine rings is 1. The molecule has 1 aliphatic rings. The summed E-state index contributed by atoms with van der Waals surface area (Å²) >= 11 is 0. The van der Waals surface area contributed by atoms with Crippen LogP contribution in [-0.2, 0) is 4.79 Å². The third-order valence-electron chi connectivity index (χ3n) is 3.27. The van der Waals surface area contributed by atoms with Crippen LogP contribution in [0, 0.1) is 0 Å². The molecule has 1 aliphatic heterocycles. The molecule has 5 nitrogen and oxygen atoms in total. The molecule has 0 aliphatic carbocycles. The lowest BCUT2D eigenvalue weighted by Crippen LogP contribution is -2.46. The van der Waals surface area contributed by atoms with E-state index in [9.17, 15) is 4.79 Å². The van der Waals surface area contributed by atoms with E-state index in [2.05, 4.69) is 27.4 Å². The van der Waals surface area contributed by atoms with E-state index in [1.165, 1.54) is 0 Å². The van der Waals surface area contributed by atoms with Gasteiger partial charge in [-0.3, -0.25) is 14.6 Å². The highest BCUT2D eigenvalue weighted by atomic mass is 16.2. The number of rotatable bonds is 8. The van der Waals surface area contributed by atoms with Crippen molar-refractivity contribution >= 4 is 5.91 Å². The standard InChI is InChI=1S/C13H28N4O/c1-3-4-5-15-13(18)12-16(2)10-11-17-8-6-14-7-9-17/h14H,3-12H2,1-2H3,(H,15,18). The number of carbonyl (C=O) groups is 1. The average molecular weight is 256 g/mol. The monoisotopic (exact) mass is 256 g/mol. The van der Waals surface area contributed by atoms with Gasteiger partial charge in [0.15, 0.2) is 0 Å². The van der Waals surface area contributed by atoms with Gasteiger partial charge in [0.1, 0.15) is 0 Å². The Morgan fingerprint density at radius 3 is 2.78 bits per heavy atom. The van der Waals surface area contributed by atoms with Crippen LogP contribution in [0.4, 0.5) is 0 Å². The minimum Gasteiger partial charge on any atom is -0.355 e. The van der Waals surface area contributed by atoms with Crippen LogP contribution in [0.5, 0.6) is 0 Å². The maximum atomic E-state index is 11.6. The maximum Gasteiger partial charge on any atom is 0.234 e. The Bertz CT molecular complexity index is 229. The number of nitrogens with zero attached hydrogens (tertiary/aromatic N) is 2. The zero-order valence-corrected chi connectivity index (χ0v) is 11.9. The number of carbonyl (C=O) groups excluding carboxylic acids is 1. The van der Waals surface area contributed by atoms with E-state index in [1.54, 1.807) is 0 Å². The number of amides is 1. The van der Waals surface area contributed by atoms with Gasteiger partial charge >= 0.3 is 0 Å². The molecule has 0 atom stereocenters. The first-order chi connectivity index (χ1) is 8.72. The topological polar surface area (TPSA) is 47.6 Å². The van der Waals surface area contributed by atoms with Crippen molar-refractivity contribution < 1.29 is 4.79 Å². The van der Waals surface area contributed by atoms with Crippen LogP contribution in [-0.4, -0.2) is 75.1 Å². The molecule has 1 saturated heterocycles. The fraction of sp³-hybridized carbons (Fsp3) is 0.923. The van der Waals surface area contributed by atoms with Crippen LogP contribution >= 0.6 is 0 Å². The van der Waals surface area contributed by atoms with Gasteiger partial charge in [0, 0.05) is 45.8 Å². The quantitative estimate of drug-likeness (QED) is 0.588. The van der Waals surface area contributed by atoms with Crippen LogP contribution in [0.3, 0.4) is 0 Å². The van der Waals surface area contributed by atoms with Crippen molar-refractivity contribution in [3.63, 3.8) is 0 Å². The molecule has 0 unspecified atom stereocenters. The Kier molecular flexibility index (Phi) is 7.96. The molecule has 18 heavy (non-hydrogen) atoms. The van der Waals surface area contributed by atoms with Crippen LogP contribution in [0.1, 0.15) is 19.8 Å². The van der Waals surface area contributed by atoms with E-state index in [4.69, 9.17) is 0 Å². The lowest BCUT2D eigenvalue weighted by atomic mass is 10.3. The van der Waals surface area contributed by atoms with E-state index >= 15 is 0 Å². The Hall–Kier alpha value is -0.650. The smallest absolute Gasteiger partial charge is 0.234 e. The summed E-state index contributed by atoms with van der Waals surface area (Å²) in [6.07, 6.45) is 2.19. The van der Waals surface area contributed by atoms with Gasteiger partial charge in [0.2, 0.25) is 5.91 Å². The van der Waals surface area contributed by atoms with Crippen molar-refractivity contribution in [3.8, 4) is 0 Å². The van der Waals surface area contributed by atoms with E-state index < -0.39 is 0 Å². The summed E-state index contributed by atoms with van der Waals surface area (Å²) in [7, 11) is 2.02.